The van der Waals surface area contributed by atoms with Crippen LogP contribution in [-0.2, 0) is 11.5 Å². The molecule has 94 valence electrons. The predicted octanol–water partition coefficient (Wildman–Crippen LogP) is 1.83. The number of thioether (sulfide) groups is 1. The Kier molecular flexibility index (Phi) is 3.14. The Morgan fingerprint density at radius 3 is 3.11 bits per heavy atom. The smallest absolute Gasteiger partial charge is 0.184 e. The summed E-state index contributed by atoms with van der Waals surface area (Å²) >= 11 is 1.87. The van der Waals surface area contributed by atoms with Gasteiger partial charge in [-0.3, -0.25) is 0 Å². The summed E-state index contributed by atoms with van der Waals surface area (Å²) in [6.07, 6.45) is 2.72. The highest BCUT2D eigenvalue weighted by atomic mass is 32.2. The molecule has 0 fully saturated rings. The molecule has 0 saturated heterocycles. The van der Waals surface area contributed by atoms with Crippen molar-refractivity contribution < 1.29 is 0 Å². The lowest BCUT2D eigenvalue weighted by Gasteiger charge is -2.09. The van der Waals surface area contributed by atoms with Crippen LogP contribution in [0.25, 0.3) is 11.5 Å². The van der Waals surface area contributed by atoms with Gasteiger partial charge in [-0.1, -0.05) is 6.92 Å². The molecule has 0 spiro atoms. The molecular weight excluding hydrogens is 248 g/mol. The van der Waals surface area contributed by atoms with E-state index in [0.29, 0.717) is 11.5 Å². The largest absolute Gasteiger partial charge is 0.370 e. The fraction of sp³-hybridized carbons (Fsp3) is 0.455. The minimum atomic E-state index is 0.642. The van der Waals surface area contributed by atoms with Crippen molar-refractivity contribution in [3.05, 3.63) is 17.5 Å². The van der Waals surface area contributed by atoms with Crippen LogP contribution >= 0.6 is 11.8 Å². The molecule has 0 atom stereocenters. The number of hydrogen-bond acceptors (Lipinski definition) is 6. The third-order valence-electron chi connectivity index (χ3n) is 2.76. The fourth-order valence-electron chi connectivity index (χ4n) is 1.86. The molecule has 0 unspecified atom stereocenters. The van der Waals surface area contributed by atoms with E-state index in [1.165, 1.54) is 5.56 Å². The Morgan fingerprint density at radius 1 is 1.39 bits per heavy atom. The van der Waals surface area contributed by atoms with Gasteiger partial charge in [0.05, 0.1) is 11.9 Å². The summed E-state index contributed by atoms with van der Waals surface area (Å²) in [6, 6.07) is 0. The van der Waals surface area contributed by atoms with Crippen LogP contribution in [0.2, 0.25) is 0 Å². The van der Waals surface area contributed by atoms with Crippen molar-refractivity contribution in [1.29, 1.82) is 0 Å². The number of anilines is 1. The van der Waals surface area contributed by atoms with Gasteiger partial charge in [0, 0.05) is 23.6 Å². The van der Waals surface area contributed by atoms with Crippen molar-refractivity contribution in [2.45, 2.75) is 24.9 Å². The van der Waals surface area contributed by atoms with E-state index in [2.05, 4.69) is 37.6 Å². The zero-order chi connectivity index (χ0) is 12.4. The highest BCUT2D eigenvalue weighted by molar-refractivity contribution is 7.98. The van der Waals surface area contributed by atoms with Crippen molar-refractivity contribution in [2.24, 2.45) is 0 Å². The Balaban J connectivity index is 2.02. The normalized spacial score (nSPS) is 13.6. The summed E-state index contributed by atoms with van der Waals surface area (Å²) in [5.41, 5.74) is 3.04. The van der Waals surface area contributed by atoms with Gasteiger partial charge in [0.25, 0.3) is 0 Å². The van der Waals surface area contributed by atoms with Gasteiger partial charge < -0.3 is 5.32 Å². The van der Waals surface area contributed by atoms with Gasteiger partial charge in [-0.15, -0.1) is 0 Å². The van der Waals surface area contributed by atoms with Crippen LogP contribution in [0.3, 0.4) is 0 Å². The van der Waals surface area contributed by atoms with Crippen LogP contribution in [0.15, 0.2) is 6.20 Å². The lowest BCUT2D eigenvalue weighted by atomic mass is 10.2. The lowest BCUT2D eigenvalue weighted by molar-refractivity contribution is 0.932. The molecule has 0 bridgehead atoms. The van der Waals surface area contributed by atoms with Gasteiger partial charge in [-0.05, 0) is 6.42 Å². The molecule has 0 radical (unpaired) electrons. The Hall–Kier alpha value is -1.63. The van der Waals surface area contributed by atoms with E-state index >= 15 is 0 Å². The minimum absolute atomic E-state index is 0.642. The molecule has 3 rings (SSSR count). The van der Waals surface area contributed by atoms with Crippen LogP contribution in [0, 0.1) is 0 Å². The first-order chi connectivity index (χ1) is 8.88. The third-order valence-corrected chi connectivity index (χ3v) is 3.73. The molecule has 6 nitrogen and oxygen atoms in total. The van der Waals surface area contributed by atoms with Crippen LogP contribution in [-0.4, -0.2) is 31.9 Å². The Labute approximate surface area is 109 Å². The highest BCUT2D eigenvalue weighted by Crippen LogP contribution is 2.33. The average molecular weight is 262 g/mol. The van der Waals surface area contributed by atoms with E-state index in [1.807, 2.05) is 11.8 Å². The van der Waals surface area contributed by atoms with Crippen LogP contribution < -0.4 is 5.32 Å². The maximum atomic E-state index is 4.57. The molecule has 0 amide bonds. The molecule has 7 heteroatoms. The summed E-state index contributed by atoms with van der Waals surface area (Å²) < 4.78 is 0. The Morgan fingerprint density at radius 2 is 2.33 bits per heavy atom. The monoisotopic (exact) mass is 262 g/mol. The third kappa shape index (κ3) is 2.05. The molecule has 0 aromatic carbocycles. The first-order valence-electron chi connectivity index (χ1n) is 5.96. The van der Waals surface area contributed by atoms with Gasteiger partial charge in [-0.2, -0.15) is 27.2 Å². The number of nitrogens with one attached hydrogen (secondary N) is 2. The fourth-order valence-corrected chi connectivity index (χ4v) is 2.91. The molecule has 2 aromatic heterocycles. The highest BCUT2D eigenvalue weighted by Gasteiger charge is 2.20. The molecule has 18 heavy (non-hydrogen) atoms. The van der Waals surface area contributed by atoms with Crippen molar-refractivity contribution in [1.82, 2.24) is 25.4 Å². The maximum absolute atomic E-state index is 4.57. The molecule has 0 saturated carbocycles. The second kappa shape index (κ2) is 4.93. The van der Waals surface area contributed by atoms with E-state index in [4.69, 9.17) is 0 Å². The van der Waals surface area contributed by atoms with E-state index in [-0.39, 0.29) is 0 Å². The number of aromatic amines is 1. The molecule has 0 aliphatic carbocycles. The van der Waals surface area contributed by atoms with Gasteiger partial charge in [0.15, 0.2) is 5.82 Å². The summed E-state index contributed by atoms with van der Waals surface area (Å²) in [5, 5.41) is 13.8. The average Bonchev–Trinajstić information content (AvgIpc) is 3.05. The number of hydrogen-bond donors (Lipinski definition) is 2. The van der Waals surface area contributed by atoms with Crippen LogP contribution in [0.4, 0.5) is 5.82 Å². The number of rotatable bonds is 4. The van der Waals surface area contributed by atoms with Crippen LogP contribution in [0.5, 0.6) is 0 Å². The number of nitrogens with zero attached hydrogens (tertiary/aromatic N) is 4. The van der Waals surface area contributed by atoms with Crippen molar-refractivity contribution in [3.8, 4) is 11.5 Å². The van der Waals surface area contributed by atoms with E-state index in [1.54, 1.807) is 6.20 Å². The van der Waals surface area contributed by atoms with E-state index < -0.39 is 0 Å². The quantitative estimate of drug-likeness (QED) is 0.875. The SMILES string of the molecule is CCCNc1nc(-c2cn[nH]n2)nc2c1CSC2. The molecule has 1 aliphatic heterocycles. The van der Waals surface area contributed by atoms with E-state index in [0.717, 1.165) is 36.0 Å². The Bertz CT molecular complexity index is 539. The topological polar surface area (TPSA) is 79.4 Å². The van der Waals surface area contributed by atoms with Crippen LogP contribution in [0.1, 0.15) is 24.6 Å². The minimum Gasteiger partial charge on any atom is -0.370 e. The van der Waals surface area contributed by atoms with Crippen molar-refractivity contribution in [3.63, 3.8) is 0 Å². The second-order valence-electron chi connectivity index (χ2n) is 4.10. The first kappa shape index (κ1) is 11.5. The lowest BCUT2D eigenvalue weighted by Crippen LogP contribution is -2.08. The molecule has 2 N–H and O–H groups in total. The van der Waals surface area contributed by atoms with Crippen molar-refractivity contribution >= 4 is 17.6 Å². The summed E-state index contributed by atoms with van der Waals surface area (Å²) in [6.45, 7) is 3.06. The molecular formula is C11H14N6S. The number of fused-ring (bicyclic) bond motifs is 1. The summed E-state index contributed by atoms with van der Waals surface area (Å²) in [5.74, 6) is 3.53. The standard InChI is InChI=1S/C11H14N6S/c1-2-3-12-10-7-5-18-6-9(7)14-11(15-10)8-4-13-17-16-8/h4H,2-3,5-6H2,1H3,(H,12,14,15)(H,13,16,17). The van der Waals surface area contributed by atoms with Crippen molar-refractivity contribution in [2.75, 3.05) is 11.9 Å². The van der Waals surface area contributed by atoms with Gasteiger partial charge in [-0.25, -0.2) is 9.97 Å². The van der Waals surface area contributed by atoms with Gasteiger partial charge in [0.1, 0.15) is 11.5 Å². The molecule has 2 aromatic rings. The summed E-state index contributed by atoms with van der Waals surface area (Å²) in [7, 11) is 0. The number of H-pyrrole nitrogens is 1. The zero-order valence-electron chi connectivity index (χ0n) is 10.1. The van der Waals surface area contributed by atoms with Gasteiger partial charge >= 0.3 is 0 Å². The predicted molar refractivity (Wildman–Crippen MR) is 71.2 cm³/mol. The molecule has 1 aliphatic rings. The second-order valence-corrected chi connectivity index (χ2v) is 5.08. The first-order valence-corrected chi connectivity index (χ1v) is 7.11. The van der Waals surface area contributed by atoms with Gasteiger partial charge in [0.2, 0.25) is 0 Å². The molecule has 3 heterocycles. The van der Waals surface area contributed by atoms with E-state index in [9.17, 15) is 0 Å². The summed E-state index contributed by atoms with van der Waals surface area (Å²) in [4.78, 5) is 9.14. The maximum Gasteiger partial charge on any atom is 0.184 e. The number of aromatic nitrogens is 5. The zero-order valence-corrected chi connectivity index (χ0v) is 10.9.